The molecule has 154 valence electrons. The first-order valence-electron chi connectivity index (χ1n) is 9.58. The molecule has 1 aromatic rings. The molecule has 0 aromatic heterocycles. The van der Waals surface area contributed by atoms with E-state index >= 15 is 0 Å². The van der Waals surface area contributed by atoms with E-state index in [-0.39, 0.29) is 36.3 Å². The van der Waals surface area contributed by atoms with Gasteiger partial charge in [-0.05, 0) is 46.8 Å². The van der Waals surface area contributed by atoms with Gasteiger partial charge in [0, 0.05) is 11.3 Å². The second kappa shape index (κ2) is 8.53. The van der Waals surface area contributed by atoms with Gasteiger partial charge in [-0.1, -0.05) is 29.5 Å². The summed E-state index contributed by atoms with van der Waals surface area (Å²) < 4.78 is 24.0. The van der Waals surface area contributed by atoms with E-state index < -0.39 is 24.0 Å². The number of fused-ring (bicyclic) bond motifs is 1. The van der Waals surface area contributed by atoms with Crippen LogP contribution in [0.1, 0.15) is 46.1 Å². The van der Waals surface area contributed by atoms with Crippen LogP contribution in [-0.4, -0.2) is 47.4 Å². The number of Topliss-reactive ketones (excluding diaryl/α,β-unsaturated/α-hetero) is 1. The first-order chi connectivity index (χ1) is 13.1. The van der Waals surface area contributed by atoms with Gasteiger partial charge in [-0.3, -0.25) is 4.79 Å². The molecule has 3 rings (SSSR count). The van der Waals surface area contributed by atoms with E-state index in [2.05, 4.69) is 24.3 Å². The summed E-state index contributed by atoms with van der Waals surface area (Å²) in [4.78, 5) is 24.4. The molecule has 0 N–H and O–H groups in total. The Hall–Kier alpha value is -1.41. The molecule has 0 unspecified atom stereocenters. The highest BCUT2D eigenvalue weighted by Gasteiger charge is 2.55. The number of carbonyl (C=O) groups is 2. The Bertz CT molecular complexity index is 716. The summed E-state index contributed by atoms with van der Waals surface area (Å²) >= 11 is 1.58. The molecule has 2 heterocycles. The van der Waals surface area contributed by atoms with Gasteiger partial charge in [0.2, 0.25) is 0 Å². The van der Waals surface area contributed by atoms with Crippen molar-refractivity contribution < 1.29 is 28.5 Å². The summed E-state index contributed by atoms with van der Waals surface area (Å²) in [5, 5.41) is 0. The lowest BCUT2D eigenvalue weighted by atomic mass is 10.0. The van der Waals surface area contributed by atoms with Gasteiger partial charge in [0.25, 0.3) is 0 Å². The van der Waals surface area contributed by atoms with Crippen LogP contribution in [0, 0.1) is 6.92 Å². The predicted octanol–water partition coefficient (Wildman–Crippen LogP) is 3.63. The van der Waals surface area contributed by atoms with E-state index in [9.17, 15) is 9.59 Å². The topological polar surface area (TPSA) is 71.1 Å². The van der Waals surface area contributed by atoms with Crippen molar-refractivity contribution in [3.8, 4) is 0 Å². The molecule has 2 aliphatic heterocycles. The number of rotatable bonds is 6. The molecule has 0 saturated carbocycles. The Morgan fingerprint density at radius 2 is 1.75 bits per heavy atom. The van der Waals surface area contributed by atoms with Crippen molar-refractivity contribution in [2.24, 2.45) is 0 Å². The van der Waals surface area contributed by atoms with Gasteiger partial charge in [0.1, 0.15) is 23.4 Å². The number of hydrogen-bond acceptors (Lipinski definition) is 7. The van der Waals surface area contributed by atoms with E-state index in [1.807, 2.05) is 27.7 Å². The highest BCUT2D eigenvalue weighted by molar-refractivity contribution is 7.99. The van der Waals surface area contributed by atoms with Gasteiger partial charge in [-0.2, -0.15) is 0 Å². The van der Waals surface area contributed by atoms with Crippen molar-refractivity contribution in [1.82, 2.24) is 0 Å². The van der Waals surface area contributed by atoms with Gasteiger partial charge in [-0.15, -0.1) is 0 Å². The maximum atomic E-state index is 12.2. The Morgan fingerprint density at radius 3 is 2.39 bits per heavy atom. The van der Waals surface area contributed by atoms with Gasteiger partial charge < -0.3 is 23.7 Å². The zero-order chi connectivity index (χ0) is 20.5. The lowest BCUT2D eigenvalue weighted by Gasteiger charge is -2.40. The van der Waals surface area contributed by atoms with Crippen molar-refractivity contribution in [2.75, 3.05) is 0 Å². The first-order valence-corrected chi connectivity index (χ1v) is 10.5. The van der Waals surface area contributed by atoms with Crippen LogP contribution in [0.2, 0.25) is 0 Å². The van der Waals surface area contributed by atoms with Crippen LogP contribution in [0.25, 0.3) is 0 Å². The predicted molar refractivity (Wildman–Crippen MR) is 105 cm³/mol. The van der Waals surface area contributed by atoms with Crippen LogP contribution in [0.15, 0.2) is 29.2 Å². The Kier molecular flexibility index (Phi) is 6.49. The molecule has 2 saturated heterocycles. The fourth-order valence-electron chi connectivity index (χ4n) is 3.41. The third kappa shape index (κ3) is 5.14. The van der Waals surface area contributed by atoms with Gasteiger partial charge in [-0.25, -0.2) is 0 Å². The highest BCUT2D eigenvalue weighted by Crippen LogP contribution is 2.43. The molecule has 0 amide bonds. The van der Waals surface area contributed by atoms with E-state index in [0.29, 0.717) is 0 Å². The maximum absolute atomic E-state index is 12.2. The summed E-state index contributed by atoms with van der Waals surface area (Å²) in [6.07, 6.45) is -1.51. The number of ether oxygens (including phenoxy) is 4. The normalized spacial score (nSPS) is 31.2. The number of hydrogen-bond donors (Lipinski definition) is 0. The average molecular weight is 409 g/mol. The molecule has 2 aliphatic rings. The monoisotopic (exact) mass is 408 g/mol. The van der Waals surface area contributed by atoms with Crippen LogP contribution in [0.5, 0.6) is 0 Å². The lowest BCUT2D eigenvalue weighted by molar-refractivity contribution is -0.192. The minimum absolute atomic E-state index is 0.0427. The largest absolute Gasteiger partial charge is 0.457 e. The number of ketones is 1. The van der Waals surface area contributed by atoms with E-state index in [1.54, 1.807) is 11.8 Å². The van der Waals surface area contributed by atoms with Crippen molar-refractivity contribution in [2.45, 2.75) is 88.0 Å². The Balaban J connectivity index is 1.73. The number of benzene rings is 1. The van der Waals surface area contributed by atoms with Gasteiger partial charge >= 0.3 is 5.97 Å². The molecule has 6 nitrogen and oxygen atoms in total. The molecular formula is C21H28O6S. The summed E-state index contributed by atoms with van der Waals surface area (Å²) in [5.41, 5.74) is 0.913. The van der Waals surface area contributed by atoms with Crippen molar-refractivity contribution in [1.29, 1.82) is 0 Å². The first kappa shape index (κ1) is 21.3. The fraction of sp³-hybridized carbons (Fsp3) is 0.619. The van der Waals surface area contributed by atoms with Crippen molar-refractivity contribution in [3.05, 3.63) is 29.8 Å². The van der Waals surface area contributed by atoms with Crippen LogP contribution in [0.4, 0.5) is 0 Å². The van der Waals surface area contributed by atoms with Crippen LogP contribution in [-0.2, 0) is 28.5 Å². The maximum Gasteiger partial charge on any atom is 0.306 e. The minimum Gasteiger partial charge on any atom is -0.457 e. The third-order valence-electron chi connectivity index (χ3n) is 4.79. The van der Waals surface area contributed by atoms with E-state index in [4.69, 9.17) is 18.9 Å². The molecule has 0 spiro atoms. The zero-order valence-corrected chi connectivity index (χ0v) is 17.8. The standard InChI is InChI=1S/C21H28O6S/c1-12-6-9-15(10-7-12)28-20-19-18(26-21(4,5)27-19)17(14(3)24-20)25-16(23)11-8-13(2)22/h6-7,9-10,14,17-20H,8,11H2,1-5H3/t14-,17-,18+,19+,20-/m0/s1. The smallest absolute Gasteiger partial charge is 0.306 e. The van der Waals surface area contributed by atoms with Gasteiger partial charge in [0.15, 0.2) is 11.9 Å². The van der Waals surface area contributed by atoms with Crippen molar-refractivity contribution in [3.63, 3.8) is 0 Å². The fourth-order valence-corrected chi connectivity index (χ4v) is 4.55. The molecule has 0 radical (unpaired) electrons. The summed E-state index contributed by atoms with van der Waals surface area (Å²) in [6, 6.07) is 8.22. The zero-order valence-electron chi connectivity index (χ0n) is 17.0. The minimum atomic E-state index is -0.793. The van der Waals surface area contributed by atoms with Crippen LogP contribution >= 0.6 is 11.8 Å². The quantitative estimate of drug-likeness (QED) is 0.666. The summed E-state index contributed by atoms with van der Waals surface area (Å²) in [6.45, 7) is 9.07. The molecule has 0 aliphatic carbocycles. The molecule has 2 fully saturated rings. The third-order valence-corrected chi connectivity index (χ3v) is 5.95. The van der Waals surface area contributed by atoms with Crippen LogP contribution < -0.4 is 0 Å². The van der Waals surface area contributed by atoms with Crippen LogP contribution in [0.3, 0.4) is 0 Å². The molecule has 28 heavy (non-hydrogen) atoms. The van der Waals surface area contributed by atoms with E-state index in [0.717, 1.165) is 4.90 Å². The number of carbonyl (C=O) groups excluding carboxylic acids is 2. The number of aryl methyl sites for hydroxylation is 1. The Morgan fingerprint density at radius 1 is 1.11 bits per heavy atom. The number of esters is 1. The van der Waals surface area contributed by atoms with Crippen molar-refractivity contribution >= 4 is 23.5 Å². The Labute approximate surface area is 170 Å². The molecular weight excluding hydrogens is 380 g/mol. The highest BCUT2D eigenvalue weighted by atomic mass is 32.2. The molecule has 1 aromatic carbocycles. The lowest BCUT2D eigenvalue weighted by Crippen LogP contribution is -2.55. The number of thioether (sulfide) groups is 1. The average Bonchev–Trinajstić information content (AvgIpc) is 2.94. The SMILES string of the molecule is CC(=O)CCC(=O)O[C@@H]1[C@H]2OC(C)(C)O[C@H]2[C@H](Sc2ccc(C)cc2)O[C@H]1C. The summed E-state index contributed by atoms with van der Waals surface area (Å²) in [5.74, 6) is -1.26. The molecule has 7 heteroatoms. The second-order valence-electron chi connectivity index (χ2n) is 7.86. The summed E-state index contributed by atoms with van der Waals surface area (Å²) in [7, 11) is 0. The van der Waals surface area contributed by atoms with E-state index in [1.165, 1.54) is 12.5 Å². The molecule has 5 atom stereocenters. The molecule has 0 bridgehead atoms. The van der Waals surface area contributed by atoms with Gasteiger partial charge in [0.05, 0.1) is 12.5 Å². The second-order valence-corrected chi connectivity index (χ2v) is 9.03.